The lowest BCUT2D eigenvalue weighted by Crippen LogP contribution is -2.73. The van der Waals surface area contributed by atoms with Crippen LogP contribution < -0.4 is 5.32 Å². The van der Waals surface area contributed by atoms with E-state index in [0.29, 0.717) is 56.7 Å². The van der Waals surface area contributed by atoms with E-state index in [-0.39, 0.29) is 11.8 Å². The first-order valence-corrected chi connectivity index (χ1v) is 14.4. The van der Waals surface area contributed by atoms with Gasteiger partial charge in [-0.2, -0.15) is 5.10 Å². The van der Waals surface area contributed by atoms with Gasteiger partial charge in [-0.3, -0.25) is 14.5 Å². The van der Waals surface area contributed by atoms with Gasteiger partial charge in [-0.05, 0) is 44.2 Å². The molecule has 38 heavy (non-hydrogen) atoms. The van der Waals surface area contributed by atoms with Gasteiger partial charge in [0.05, 0.1) is 18.0 Å². The van der Waals surface area contributed by atoms with Gasteiger partial charge >= 0.3 is 0 Å². The second kappa shape index (κ2) is 11.8. The highest BCUT2D eigenvalue weighted by atomic mass is 35.5. The highest BCUT2D eigenvalue weighted by Gasteiger charge is 2.53. The molecule has 1 unspecified atom stereocenters. The van der Waals surface area contributed by atoms with Crippen molar-refractivity contribution in [1.29, 1.82) is 0 Å². The van der Waals surface area contributed by atoms with Crippen molar-refractivity contribution in [3.63, 3.8) is 0 Å². The number of carbonyl (C=O) groups excluding carboxylic acids is 2. The Balaban J connectivity index is 1.28. The minimum absolute atomic E-state index is 0.000211. The van der Waals surface area contributed by atoms with E-state index in [1.54, 1.807) is 11.8 Å². The number of hydrogen-bond donors (Lipinski definition) is 1. The quantitative estimate of drug-likeness (QED) is 0.544. The summed E-state index contributed by atoms with van der Waals surface area (Å²) in [4.78, 5) is 31.6. The molecule has 1 aromatic heterocycles. The highest BCUT2D eigenvalue weighted by Crippen LogP contribution is 2.36. The molecule has 3 fully saturated rings. The Labute approximate surface area is 230 Å². The van der Waals surface area contributed by atoms with E-state index in [1.165, 1.54) is 19.3 Å². The first kappa shape index (κ1) is 27.2. The largest absolute Gasteiger partial charge is 0.383 e. The SMILES string of the molecule is COCCN1C(=O)C(CC2CCCCC2)NC(=O)C12CCN(Cc1c(C)nn(-c3ccccc3)c1Cl)CC2. The maximum absolute atomic E-state index is 13.7. The minimum atomic E-state index is -0.817. The Bertz CT molecular complexity index is 1120. The van der Waals surface area contributed by atoms with Crippen LogP contribution in [-0.2, 0) is 20.9 Å². The van der Waals surface area contributed by atoms with E-state index >= 15 is 0 Å². The molecule has 206 valence electrons. The molecule has 0 bridgehead atoms. The molecule has 2 aromatic rings. The number of nitrogens with zero attached hydrogens (tertiary/aromatic N) is 4. The predicted molar refractivity (Wildman–Crippen MR) is 147 cm³/mol. The molecular formula is C29H40ClN5O3. The van der Waals surface area contributed by atoms with Crippen molar-refractivity contribution in [2.24, 2.45) is 5.92 Å². The number of likely N-dealkylation sites (tertiary alicyclic amines) is 1. The summed E-state index contributed by atoms with van der Waals surface area (Å²) in [7, 11) is 1.64. The van der Waals surface area contributed by atoms with Crippen LogP contribution in [0.15, 0.2) is 30.3 Å². The van der Waals surface area contributed by atoms with E-state index in [2.05, 4.69) is 15.3 Å². The van der Waals surface area contributed by atoms with E-state index in [0.717, 1.165) is 36.2 Å². The average Bonchev–Trinajstić information content (AvgIpc) is 3.22. The van der Waals surface area contributed by atoms with Gasteiger partial charge in [-0.25, -0.2) is 4.68 Å². The zero-order valence-corrected chi connectivity index (χ0v) is 23.4. The Morgan fingerprint density at radius 2 is 1.82 bits per heavy atom. The summed E-state index contributed by atoms with van der Waals surface area (Å²) in [6, 6.07) is 9.47. The Kier molecular flexibility index (Phi) is 8.41. The number of rotatable bonds is 8. The van der Waals surface area contributed by atoms with Crippen molar-refractivity contribution in [2.75, 3.05) is 33.4 Å². The van der Waals surface area contributed by atoms with Crippen LogP contribution in [0.25, 0.3) is 5.69 Å². The van der Waals surface area contributed by atoms with E-state index in [9.17, 15) is 9.59 Å². The summed E-state index contributed by atoms with van der Waals surface area (Å²) < 4.78 is 7.13. The van der Waals surface area contributed by atoms with Crippen LogP contribution in [0.1, 0.15) is 62.6 Å². The first-order chi connectivity index (χ1) is 18.4. The van der Waals surface area contributed by atoms with Gasteiger partial charge < -0.3 is 15.0 Å². The molecule has 1 aromatic carbocycles. The van der Waals surface area contributed by atoms with Gasteiger partial charge in [0.1, 0.15) is 16.7 Å². The fraction of sp³-hybridized carbons (Fsp3) is 0.621. The summed E-state index contributed by atoms with van der Waals surface area (Å²) in [5, 5.41) is 8.46. The molecule has 1 atom stereocenters. The number of nitrogens with one attached hydrogen (secondary N) is 1. The predicted octanol–water partition coefficient (Wildman–Crippen LogP) is 4.11. The van der Waals surface area contributed by atoms with Crippen LogP contribution >= 0.6 is 11.6 Å². The number of amides is 2. The van der Waals surface area contributed by atoms with Crippen molar-refractivity contribution >= 4 is 23.4 Å². The fourth-order valence-corrected chi connectivity index (χ4v) is 6.88. The third-order valence-corrected chi connectivity index (χ3v) is 9.20. The number of benzene rings is 1. The van der Waals surface area contributed by atoms with E-state index in [4.69, 9.17) is 16.3 Å². The average molecular weight is 542 g/mol. The van der Waals surface area contributed by atoms with Gasteiger partial charge in [0.15, 0.2) is 0 Å². The molecule has 2 amide bonds. The van der Waals surface area contributed by atoms with Crippen molar-refractivity contribution in [1.82, 2.24) is 24.9 Å². The molecule has 8 nitrogen and oxygen atoms in total. The molecule has 2 aliphatic heterocycles. The normalized spacial score (nSPS) is 22.7. The number of carbonyl (C=O) groups is 2. The number of methoxy groups -OCH3 is 1. The van der Waals surface area contributed by atoms with Gasteiger partial charge in [0, 0.05) is 38.9 Å². The standard InChI is InChI=1S/C29H40ClN5O3/c1-21-24(26(30)35(32-21)23-11-7-4-8-12-23)20-33-15-13-29(14-16-33)28(37)31-25(19-22-9-5-3-6-10-22)27(36)34(29)17-18-38-2/h4,7-8,11-12,22,25H,3,5-6,9-10,13-20H2,1-2H3,(H,31,37). The molecule has 3 heterocycles. The van der Waals surface area contributed by atoms with Gasteiger partial charge in [0.25, 0.3) is 0 Å². The van der Waals surface area contributed by atoms with Crippen molar-refractivity contribution < 1.29 is 14.3 Å². The second-order valence-electron chi connectivity index (χ2n) is 11.2. The fourth-order valence-electron chi connectivity index (χ4n) is 6.55. The summed E-state index contributed by atoms with van der Waals surface area (Å²) in [5.74, 6) is 0.575. The van der Waals surface area contributed by atoms with Crippen LogP contribution in [0, 0.1) is 12.8 Å². The topological polar surface area (TPSA) is 79.7 Å². The molecule has 3 aliphatic rings. The monoisotopic (exact) mass is 541 g/mol. The minimum Gasteiger partial charge on any atom is -0.383 e. The molecule has 1 N–H and O–H groups in total. The van der Waals surface area contributed by atoms with E-state index in [1.807, 2.05) is 42.2 Å². The molecule has 1 spiro atoms. The maximum Gasteiger partial charge on any atom is 0.246 e. The van der Waals surface area contributed by atoms with E-state index < -0.39 is 11.6 Å². The maximum atomic E-state index is 13.7. The third kappa shape index (κ3) is 5.36. The van der Waals surface area contributed by atoms with Gasteiger partial charge in [-0.15, -0.1) is 0 Å². The highest BCUT2D eigenvalue weighted by molar-refractivity contribution is 6.30. The molecule has 5 rings (SSSR count). The van der Waals surface area contributed by atoms with Crippen molar-refractivity contribution in [3.05, 3.63) is 46.7 Å². The summed E-state index contributed by atoms with van der Waals surface area (Å²) >= 11 is 6.79. The number of piperazine rings is 1. The Hall–Kier alpha value is -2.42. The van der Waals surface area contributed by atoms with Crippen molar-refractivity contribution in [3.8, 4) is 5.69 Å². The summed E-state index contributed by atoms with van der Waals surface area (Å²) in [6.45, 7) is 4.91. The number of halogens is 1. The summed E-state index contributed by atoms with van der Waals surface area (Å²) in [6.07, 6.45) is 7.96. The Morgan fingerprint density at radius 1 is 1.11 bits per heavy atom. The molecule has 2 saturated heterocycles. The van der Waals surface area contributed by atoms with Crippen LogP contribution in [-0.4, -0.2) is 76.3 Å². The van der Waals surface area contributed by atoms with Crippen molar-refractivity contribution in [2.45, 2.75) is 76.4 Å². The first-order valence-electron chi connectivity index (χ1n) is 14.1. The van der Waals surface area contributed by atoms with Crippen LogP contribution in [0.2, 0.25) is 5.15 Å². The zero-order chi connectivity index (χ0) is 26.7. The lowest BCUT2D eigenvalue weighted by atomic mass is 9.79. The molecule has 1 saturated carbocycles. The zero-order valence-electron chi connectivity index (χ0n) is 22.6. The second-order valence-corrected chi connectivity index (χ2v) is 11.5. The molecule has 0 radical (unpaired) electrons. The lowest BCUT2D eigenvalue weighted by Gasteiger charge is -2.52. The smallest absolute Gasteiger partial charge is 0.246 e. The number of hydrogen-bond acceptors (Lipinski definition) is 5. The van der Waals surface area contributed by atoms with Gasteiger partial charge in [-0.1, -0.05) is 61.9 Å². The summed E-state index contributed by atoms with van der Waals surface area (Å²) in [5.41, 5.74) is 2.01. The van der Waals surface area contributed by atoms with Crippen LogP contribution in [0.4, 0.5) is 0 Å². The van der Waals surface area contributed by atoms with Crippen LogP contribution in [0.5, 0.6) is 0 Å². The third-order valence-electron chi connectivity index (χ3n) is 8.81. The number of aromatic nitrogens is 2. The Morgan fingerprint density at radius 3 is 2.50 bits per heavy atom. The van der Waals surface area contributed by atoms with Gasteiger partial charge in [0.2, 0.25) is 11.8 Å². The number of aryl methyl sites for hydroxylation is 1. The number of piperidine rings is 1. The number of ether oxygens (including phenoxy) is 1. The number of para-hydroxylation sites is 1. The molecule has 1 aliphatic carbocycles. The molecule has 9 heteroatoms. The molecular weight excluding hydrogens is 502 g/mol. The lowest BCUT2D eigenvalue weighted by molar-refractivity contribution is -0.162. The van der Waals surface area contributed by atoms with Crippen LogP contribution in [0.3, 0.4) is 0 Å².